The fourth-order valence-electron chi connectivity index (χ4n) is 3.42. The summed E-state index contributed by atoms with van der Waals surface area (Å²) in [6, 6.07) is 2.29. The number of amides is 1. The minimum absolute atomic E-state index is 0.0763. The Bertz CT molecular complexity index is 888. The molecule has 4 heterocycles. The smallest absolute Gasteiger partial charge is 0.258 e. The standard InChI is InChI=1S/C17H20N6OS/c1-21(2)17(24)13-9-20-23-15(5-6-19-16(13)23)14-4-3-7-22(14)10-12-8-18-11-25-12/h5-6,8-9,11,14H,3-4,7,10H2,1-2H3. The Hall–Kier alpha value is -2.32. The lowest BCUT2D eigenvalue weighted by Crippen LogP contribution is -2.24. The normalized spacial score (nSPS) is 18.1. The lowest BCUT2D eigenvalue weighted by molar-refractivity contribution is 0.0829. The van der Waals surface area contributed by atoms with Crippen molar-refractivity contribution < 1.29 is 4.79 Å². The summed E-state index contributed by atoms with van der Waals surface area (Å²) in [5.41, 5.74) is 4.13. The number of likely N-dealkylation sites (tertiary alicyclic amines) is 1. The maximum Gasteiger partial charge on any atom is 0.258 e. The number of hydrogen-bond acceptors (Lipinski definition) is 6. The van der Waals surface area contributed by atoms with Gasteiger partial charge in [-0.15, -0.1) is 11.3 Å². The van der Waals surface area contributed by atoms with E-state index < -0.39 is 0 Å². The van der Waals surface area contributed by atoms with Crippen molar-refractivity contribution in [2.45, 2.75) is 25.4 Å². The third-order valence-electron chi connectivity index (χ3n) is 4.61. The first-order chi connectivity index (χ1) is 12.1. The molecule has 25 heavy (non-hydrogen) atoms. The summed E-state index contributed by atoms with van der Waals surface area (Å²) in [4.78, 5) is 26.2. The minimum atomic E-state index is -0.0763. The van der Waals surface area contributed by atoms with E-state index in [1.807, 2.05) is 22.3 Å². The molecule has 1 atom stereocenters. The van der Waals surface area contributed by atoms with Crippen LogP contribution in [0, 0.1) is 0 Å². The number of nitrogens with zero attached hydrogens (tertiary/aromatic N) is 6. The predicted molar refractivity (Wildman–Crippen MR) is 95.5 cm³/mol. The Morgan fingerprint density at radius 3 is 3.04 bits per heavy atom. The summed E-state index contributed by atoms with van der Waals surface area (Å²) in [6.07, 6.45) is 7.56. The molecule has 1 unspecified atom stereocenters. The monoisotopic (exact) mass is 356 g/mol. The molecule has 0 radical (unpaired) electrons. The summed E-state index contributed by atoms with van der Waals surface area (Å²) in [6.45, 7) is 1.95. The van der Waals surface area contributed by atoms with Crippen LogP contribution in [-0.4, -0.2) is 55.9 Å². The van der Waals surface area contributed by atoms with Gasteiger partial charge in [0.05, 0.1) is 23.4 Å². The highest BCUT2D eigenvalue weighted by molar-refractivity contribution is 7.09. The zero-order valence-electron chi connectivity index (χ0n) is 14.3. The Morgan fingerprint density at radius 1 is 1.40 bits per heavy atom. The average molecular weight is 356 g/mol. The molecule has 0 N–H and O–H groups in total. The molecule has 1 aliphatic rings. The molecule has 0 spiro atoms. The van der Waals surface area contributed by atoms with Crippen molar-refractivity contribution in [2.75, 3.05) is 20.6 Å². The van der Waals surface area contributed by atoms with E-state index in [9.17, 15) is 4.79 Å². The van der Waals surface area contributed by atoms with E-state index in [-0.39, 0.29) is 11.9 Å². The molecule has 0 saturated carbocycles. The largest absolute Gasteiger partial charge is 0.345 e. The number of thiazole rings is 1. The molecule has 8 heteroatoms. The summed E-state index contributed by atoms with van der Waals surface area (Å²) in [7, 11) is 3.48. The van der Waals surface area contributed by atoms with Gasteiger partial charge in [-0.2, -0.15) is 5.10 Å². The topological polar surface area (TPSA) is 66.6 Å². The first-order valence-electron chi connectivity index (χ1n) is 8.31. The number of aromatic nitrogens is 4. The SMILES string of the molecule is CN(C)C(=O)c1cnn2c(C3CCCN3Cc3cncs3)ccnc12. The van der Waals surface area contributed by atoms with Crippen molar-refractivity contribution >= 4 is 22.9 Å². The van der Waals surface area contributed by atoms with Gasteiger partial charge in [0.2, 0.25) is 0 Å². The Morgan fingerprint density at radius 2 is 2.28 bits per heavy atom. The summed E-state index contributed by atoms with van der Waals surface area (Å²) in [5, 5.41) is 4.47. The van der Waals surface area contributed by atoms with Gasteiger partial charge in [0.15, 0.2) is 5.65 Å². The first kappa shape index (κ1) is 16.2. The number of rotatable bonds is 4. The molecule has 130 valence electrons. The van der Waals surface area contributed by atoms with E-state index in [0.717, 1.165) is 31.6 Å². The molecule has 1 saturated heterocycles. The van der Waals surface area contributed by atoms with Gasteiger partial charge < -0.3 is 4.90 Å². The number of carbonyl (C=O) groups is 1. The van der Waals surface area contributed by atoms with Crippen LogP contribution in [-0.2, 0) is 6.54 Å². The van der Waals surface area contributed by atoms with E-state index in [2.05, 4.69) is 20.0 Å². The number of hydrogen-bond donors (Lipinski definition) is 0. The van der Waals surface area contributed by atoms with Gasteiger partial charge in [0.1, 0.15) is 5.56 Å². The zero-order chi connectivity index (χ0) is 17.4. The van der Waals surface area contributed by atoms with Crippen LogP contribution in [0.1, 0.15) is 39.8 Å². The van der Waals surface area contributed by atoms with Crippen molar-refractivity contribution in [1.82, 2.24) is 29.4 Å². The molecule has 7 nitrogen and oxygen atoms in total. The molecule has 4 rings (SSSR count). The maximum absolute atomic E-state index is 12.3. The first-order valence-corrected chi connectivity index (χ1v) is 9.19. The van der Waals surface area contributed by atoms with E-state index in [4.69, 9.17) is 0 Å². The van der Waals surface area contributed by atoms with Crippen LogP contribution in [0.15, 0.2) is 30.2 Å². The molecule has 1 aliphatic heterocycles. The molecule has 0 aromatic carbocycles. The highest BCUT2D eigenvalue weighted by atomic mass is 32.1. The number of carbonyl (C=O) groups excluding carboxylic acids is 1. The van der Waals surface area contributed by atoms with Crippen molar-refractivity contribution in [1.29, 1.82) is 0 Å². The van der Waals surface area contributed by atoms with E-state index in [1.165, 1.54) is 4.88 Å². The summed E-state index contributed by atoms with van der Waals surface area (Å²) in [5.74, 6) is -0.0763. The fraction of sp³-hybridized carbons (Fsp3) is 0.412. The molecular formula is C17H20N6OS. The quantitative estimate of drug-likeness (QED) is 0.717. The van der Waals surface area contributed by atoms with Crippen molar-refractivity contribution in [3.8, 4) is 0 Å². The van der Waals surface area contributed by atoms with Gasteiger partial charge in [-0.05, 0) is 25.5 Å². The number of fused-ring (bicyclic) bond motifs is 1. The molecule has 0 aliphatic carbocycles. The molecule has 1 amide bonds. The van der Waals surface area contributed by atoms with Crippen LogP contribution in [0.25, 0.3) is 5.65 Å². The maximum atomic E-state index is 12.3. The van der Waals surface area contributed by atoms with Gasteiger partial charge in [-0.1, -0.05) is 0 Å². The molecule has 1 fully saturated rings. The zero-order valence-corrected chi connectivity index (χ0v) is 15.1. The fourth-order valence-corrected chi connectivity index (χ4v) is 4.04. The second-order valence-electron chi connectivity index (χ2n) is 6.46. The van der Waals surface area contributed by atoms with Crippen molar-refractivity contribution in [3.63, 3.8) is 0 Å². The molecule has 3 aromatic rings. The van der Waals surface area contributed by atoms with E-state index in [0.29, 0.717) is 11.2 Å². The third kappa shape index (κ3) is 2.91. The van der Waals surface area contributed by atoms with Gasteiger partial charge in [-0.25, -0.2) is 9.50 Å². The average Bonchev–Trinajstić information content (AvgIpc) is 3.34. The summed E-state index contributed by atoms with van der Waals surface area (Å²) < 4.78 is 1.83. The van der Waals surface area contributed by atoms with Gasteiger partial charge in [0, 0.05) is 37.9 Å². The molecule has 0 bridgehead atoms. The van der Waals surface area contributed by atoms with E-state index in [1.54, 1.807) is 42.7 Å². The lowest BCUT2D eigenvalue weighted by Gasteiger charge is -2.24. The van der Waals surface area contributed by atoms with Crippen LogP contribution < -0.4 is 0 Å². The minimum Gasteiger partial charge on any atom is -0.345 e. The van der Waals surface area contributed by atoms with Gasteiger partial charge in [0.25, 0.3) is 5.91 Å². The molecular weight excluding hydrogens is 336 g/mol. The van der Waals surface area contributed by atoms with Crippen LogP contribution >= 0.6 is 11.3 Å². The van der Waals surface area contributed by atoms with Crippen LogP contribution in [0.4, 0.5) is 0 Å². The second kappa shape index (κ2) is 6.53. The van der Waals surface area contributed by atoms with E-state index >= 15 is 0 Å². The Balaban J connectivity index is 1.70. The lowest BCUT2D eigenvalue weighted by atomic mass is 10.1. The van der Waals surface area contributed by atoms with Crippen LogP contribution in [0.5, 0.6) is 0 Å². The third-order valence-corrected chi connectivity index (χ3v) is 5.38. The second-order valence-corrected chi connectivity index (χ2v) is 7.43. The van der Waals surface area contributed by atoms with Crippen LogP contribution in [0.2, 0.25) is 0 Å². The van der Waals surface area contributed by atoms with Crippen LogP contribution in [0.3, 0.4) is 0 Å². The Kier molecular flexibility index (Phi) is 4.22. The van der Waals surface area contributed by atoms with Crippen molar-refractivity contribution in [3.05, 3.63) is 46.3 Å². The summed E-state index contributed by atoms with van der Waals surface area (Å²) >= 11 is 1.68. The Labute approximate surface area is 149 Å². The highest BCUT2D eigenvalue weighted by Crippen LogP contribution is 2.33. The van der Waals surface area contributed by atoms with Gasteiger partial charge in [-0.3, -0.25) is 14.7 Å². The molecule has 3 aromatic heterocycles. The predicted octanol–water partition coefficient (Wildman–Crippen LogP) is 2.22. The highest BCUT2D eigenvalue weighted by Gasteiger charge is 2.29. The van der Waals surface area contributed by atoms with Crippen molar-refractivity contribution in [2.24, 2.45) is 0 Å². The van der Waals surface area contributed by atoms with Gasteiger partial charge >= 0.3 is 0 Å².